The van der Waals surface area contributed by atoms with Crippen molar-refractivity contribution in [1.82, 2.24) is 0 Å². The van der Waals surface area contributed by atoms with E-state index in [1.165, 1.54) is 31.2 Å². The van der Waals surface area contributed by atoms with Crippen LogP contribution in [-0.4, -0.2) is 14.3 Å². The minimum Gasteiger partial charge on any atom is -0.455 e. The van der Waals surface area contributed by atoms with Gasteiger partial charge in [-0.05, 0) is 60.7 Å². The van der Waals surface area contributed by atoms with Gasteiger partial charge in [-0.25, -0.2) is 8.42 Å². The molecule has 0 radical (unpaired) electrons. The maximum Gasteiger partial charge on any atom is 0.262 e. The number of hydrogen-bond donors (Lipinski definition) is 2. The Kier molecular flexibility index (Phi) is 5.81. The third-order valence-electron chi connectivity index (χ3n) is 3.83. The van der Waals surface area contributed by atoms with E-state index in [9.17, 15) is 13.2 Å². The summed E-state index contributed by atoms with van der Waals surface area (Å²) in [5.74, 6) is 0.540. The Hall–Kier alpha value is -3.83. The normalized spacial score (nSPS) is 10.6. The van der Waals surface area contributed by atoms with Crippen molar-refractivity contribution in [3.8, 4) is 17.6 Å². The van der Waals surface area contributed by atoms with E-state index in [0.717, 1.165) is 0 Å². The maximum absolute atomic E-state index is 12.7. The number of hydrogen-bond acceptors (Lipinski definition) is 5. The van der Waals surface area contributed by atoms with Crippen LogP contribution in [0.15, 0.2) is 77.7 Å². The smallest absolute Gasteiger partial charge is 0.262 e. The predicted octanol–water partition coefficient (Wildman–Crippen LogP) is 4.11. The molecule has 0 atom stereocenters. The van der Waals surface area contributed by atoms with Crippen LogP contribution in [0, 0.1) is 11.3 Å². The van der Waals surface area contributed by atoms with Gasteiger partial charge in [0.15, 0.2) is 5.75 Å². The fourth-order valence-electron chi connectivity index (χ4n) is 2.49. The summed E-state index contributed by atoms with van der Waals surface area (Å²) in [5.41, 5.74) is 1.26. The highest BCUT2D eigenvalue weighted by Crippen LogP contribution is 2.31. The Balaban J connectivity index is 1.82. The molecule has 0 fully saturated rings. The second-order valence-corrected chi connectivity index (χ2v) is 7.73. The molecule has 146 valence electrons. The fraction of sp³-hybridized carbons (Fsp3) is 0.0476. The summed E-state index contributed by atoms with van der Waals surface area (Å²) in [4.78, 5) is 11.1. The molecule has 8 heteroatoms. The van der Waals surface area contributed by atoms with Gasteiger partial charge in [0.25, 0.3) is 10.0 Å². The summed E-state index contributed by atoms with van der Waals surface area (Å²) >= 11 is 0. The number of anilines is 2. The number of amides is 1. The quantitative estimate of drug-likeness (QED) is 0.639. The van der Waals surface area contributed by atoms with Crippen LogP contribution >= 0.6 is 0 Å². The third-order valence-corrected chi connectivity index (χ3v) is 5.21. The molecule has 0 bridgehead atoms. The van der Waals surface area contributed by atoms with E-state index in [2.05, 4.69) is 10.0 Å². The molecule has 0 aliphatic heterocycles. The molecule has 0 aromatic heterocycles. The van der Waals surface area contributed by atoms with Crippen molar-refractivity contribution in [1.29, 1.82) is 5.26 Å². The van der Waals surface area contributed by atoms with Crippen LogP contribution in [0.3, 0.4) is 0 Å². The number of nitriles is 1. The zero-order valence-corrected chi connectivity index (χ0v) is 16.2. The van der Waals surface area contributed by atoms with Crippen molar-refractivity contribution in [2.75, 3.05) is 10.0 Å². The second-order valence-electron chi connectivity index (χ2n) is 6.05. The monoisotopic (exact) mass is 407 g/mol. The maximum atomic E-state index is 12.7. The van der Waals surface area contributed by atoms with Crippen molar-refractivity contribution in [2.24, 2.45) is 0 Å². The lowest BCUT2D eigenvalue weighted by molar-refractivity contribution is -0.114. The first-order valence-electron chi connectivity index (χ1n) is 8.55. The van der Waals surface area contributed by atoms with Crippen molar-refractivity contribution >= 4 is 27.3 Å². The van der Waals surface area contributed by atoms with Crippen molar-refractivity contribution < 1.29 is 17.9 Å². The minimum absolute atomic E-state index is 0.0415. The Labute approximate surface area is 168 Å². The Bertz CT molecular complexity index is 1170. The first-order valence-corrected chi connectivity index (χ1v) is 10.0. The van der Waals surface area contributed by atoms with Crippen LogP contribution < -0.4 is 14.8 Å². The molecule has 3 aromatic rings. The lowest BCUT2D eigenvalue weighted by atomic mass is 10.2. The molecule has 0 heterocycles. The minimum atomic E-state index is -3.87. The third kappa shape index (κ3) is 5.12. The Morgan fingerprint density at radius 1 is 0.966 bits per heavy atom. The van der Waals surface area contributed by atoms with Crippen LogP contribution in [0.2, 0.25) is 0 Å². The van der Waals surface area contributed by atoms with Crippen LogP contribution in [0.25, 0.3) is 0 Å². The molecule has 0 saturated carbocycles. The molecule has 3 aromatic carbocycles. The molecular formula is C21H17N3O4S. The van der Waals surface area contributed by atoms with Gasteiger partial charge in [0, 0.05) is 12.6 Å². The summed E-state index contributed by atoms with van der Waals surface area (Å²) < 4.78 is 33.7. The summed E-state index contributed by atoms with van der Waals surface area (Å²) in [7, 11) is -3.87. The van der Waals surface area contributed by atoms with Gasteiger partial charge in [-0.3, -0.25) is 9.52 Å². The molecule has 29 heavy (non-hydrogen) atoms. The number of carbonyl (C=O) groups is 1. The summed E-state index contributed by atoms with van der Waals surface area (Å²) in [5, 5.41) is 11.5. The first kappa shape index (κ1) is 19.9. The highest BCUT2D eigenvalue weighted by molar-refractivity contribution is 7.92. The van der Waals surface area contributed by atoms with Gasteiger partial charge in [-0.2, -0.15) is 5.26 Å². The van der Waals surface area contributed by atoms with E-state index in [0.29, 0.717) is 22.7 Å². The number of ether oxygens (including phenoxy) is 1. The number of carbonyl (C=O) groups excluding carboxylic acids is 1. The van der Waals surface area contributed by atoms with Gasteiger partial charge in [-0.15, -0.1) is 0 Å². The van der Waals surface area contributed by atoms with E-state index in [-0.39, 0.29) is 16.5 Å². The van der Waals surface area contributed by atoms with E-state index < -0.39 is 10.0 Å². The van der Waals surface area contributed by atoms with Crippen LogP contribution in [0.5, 0.6) is 11.5 Å². The fourth-order valence-corrected chi connectivity index (χ4v) is 3.56. The van der Waals surface area contributed by atoms with Crippen LogP contribution in [0.1, 0.15) is 12.5 Å². The molecule has 7 nitrogen and oxygen atoms in total. The molecule has 1 amide bonds. The number of sulfonamides is 1. The summed E-state index contributed by atoms with van der Waals surface area (Å²) in [6.45, 7) is 1.37. The highest BCUT2D eigenvalue weighted by atomic mass is 32.2. The number of nitrogens with one attached hydrogen (secondary N) is 2. The number of benzene rings is 3. The van der Waals surface area contributed by atoms with E-state index in [1.807, 2.05) is 6.07 Å². The molecule has 0 saturated heterocycles. The standard InChI is InChI=1S/C21H17N3O4S/c1-15(25)23-17-8-12-19(13-9-17)29(26,27)24-20-4-2-3-5-21(20)28-18-10-6-16(14-22)7-11-18/h2-13,24H,1H3,(H,23,25). The molecule has 3 rings (SSSR count). The SMILES string of the molecule is CC(=O)Nc1ccc(S(=O)(=O)Nc2ccccc2Oc2ccc(C#N)cc2)cc1. The number of para-hydroxylation sites is 2. The Morgan fingerprint density at radius 3 is 2.24 bits per heavy atom. The largest absolute Gasteiger partial charge is 0.455 e. The van der Waals surface area contributed by atoms with Crippen molar-refractivity contribution in [2.45, 2.75) is 11.8 Å². The lowest BCUT2D eigenvalue weighted by Gasteiger charge is -2.14. The highest BCUT2D eigenvalue weighted by Gasteiger charge is 2.17. The van der Waals surface area contributed by atoms with Gasteiger partial charge >= 0.3 is 0 Å². The molecule has 0 aliphatic carbocycles. The van der Waals surface area contributed by atoms with E-state index in [4.69, 9.17) is 10.00 Å². The molecule has 0 unspecified atom stereocenters. The van der Waals surface area contributed by atoms with Crippen LogP contribution in [-0.2, 0) is 14.8 Å². The van der Waals surface area contributed by atoms with Gasteiger partial charge in [-0.1, -0.05) is 12.1 Å². The van der Waals surface area contributed by atoms with E-state index in [1.54, 1.807) is 48.5 Å². The zero-order chi connectivity index (χ0) is 20.9. The van der Waals surface area contributed by atoms with Crippen molar-refractivity contribution in [3.63, 3.8) is 0 Å². The summed E-state index contributed by atoms with van der Waals surface area (Å²) in [6, 6.07) is 20.9. The van der Waals surface area contributed by atoms with Gasteiger partial charge < -0.3 is 10.1 Å². The first-order chi connectivity index (χ1) is 13.9. The molecule has 2 N–H and O–H groups in total. The van der Waals surface area contributed by atoms with E-state index >= 15 is 0 Å². The number of rotatable bonds is 6. The second kappa shape index (κ2) is 8.46. The summed E-state index contributed by atoms with van der Waals surface area (Å²) in [6.07, 6.45) is 0. The molecular weight excluding hydrogens is 390 g/mol. The molecule has 0 aliphatic rings. The van der Waals surface area contributed by atoms with Gasteiger partial charge in [0.1, 0.15) is 5.75 Å². The predicted molar refractivity (Wildman–Crippen MR) is 109 cm³/mol. The Morgan fingerprint density at radius 2 is 1.62 bits per heavy atom. The molecule has 0 spiro atoms. The zero-order valence-electron chi connectivity index (χ0n) is 15.4. The van der Waals surface area contributed by atoms with Gasteiger partial charge in [0.2, 0.25) is 5.91 Å². The topological polar surface area (TPSA) is 108 Å². The van der Waals surface area contributed by atoms with Crippen LogP contribution in [0.4, 0.5) is 11.4 Å². The lowest BCUT2D eigenvalue weighted by Crippen LogP contribution is -2.14. The average molecular weight is 407 g/mol. The average Bonchev–Trinajstić information content (AvgIpc) is 2.70. The van der Waals surface area contributed by atoms with Crippen molar-refractivity contribution in [3.05, 3.63) is 78.4 Å². The van der Waals surface area contributed by atoms with Gasteiger partial charge in [0.05, 0.1) is 22.2 Å². The number of nitrogens with zero attached hydrogens (tertiary/aromatic N) is 1.